The zero-order chi connectivity index (χ0) is 14.9. The molecule has 1 heterocycles. The van der Waals surface area contributed by atoms with Crippen LogP contribution in [0.2, 0.25) is 5.02 Å². The van der Waals surface area contributed by atoms with E-state index in [2.05, 4.69) is 9.97 Å². The number of ether oxygens (including phenoxy) is 1. The van der Waals surface area contributed by atoms with Gasteiger partial charge in [0.05, 0.1) is 17.8 Å². The van der Waals surface area contributed by atoms with E-state index in [9.17, 15) is 0 Å². The Kier molecular flexibility index (Phi) is 3.86. The highest BCUT2D eigenvalue weighted by Crippen LogP contribution is 2.31. The van der Waals surface area contributed by atoms with Gasteiger partial charge in [-0.1, -0.05) is 38.4 Å². The first-order valence-corrected chi connectivity index (χ1v) is 6.68. The van der Waals surface area contributed by atoms with Gasteiger partial charge in [-0.15, -0.1) is 0 Å². The van der Waals surface area contributed by atoms with E-state index in [1.165, 1.54) is 0 Å². The van der Waals surface area contributed by atoms with Crippen LogP contribution >= 0.6 is 11.6 Å². The molecule has 0 fully saturated rings. The predicted molar refractivity (Wildman–Crippen MR) is 82.1 cm³/mol. The Morgan fingerprint density at radius 1 is 1.15 bits per heavy atom. The summed E-state index contributed by atoms with van der Waals surface area (Å²) in [6.45, 7) is 6.15. The van der Waals surface area contributed by atoms with E-state index in [0.29, 0.717) is 22.4 Å². The van der Waals surface area contributed by atoms with Crippen LogP contribution in [0.5, 0.6) is 5.75 Å². The summed E-state index contributed by atoms with van der Waals surface area (Å²) in [7, 11) is 1.58. The van der Waals surface area contributed by atoms with Crippen molar-refractivity contribution in [1.29, 1.82) is 0 Å². The molecular weight excluding hydrogens is 274 g/mol. The quantitative estimate of drug-likeness (QED) is 0.917. The molecule has 2 N–H and O–H groups in total. The first-order chi connectivity index (χ1) is 9.31. The summed E-state index contributed by atoms with van der Waals surface area (Å²) < 4.78 is 5.23. The number of hydrogen-bond donors (Lipinski definition) is 1. The molecule has 2 aromatic rings. The summed E-state index contributed by atoms with van der Waals surface area (Å²) in [6.07, 6.45) is 0. The Labute approximate surface area is 124 Å². The van der Waals surface area contributed by atoms with Crippen molar-refractivity contribution >= 4 is 17.4 Å². The number of halogens is 1. The number of anilines is 1. The summed E-state index contributed by atoms with van der Waals surface area (Å²) in [5.41, 5.74) is 7.38. The second kappa shape index (κ2) is 5.29. The smallest absolute Gasteiger partial charge is 0.138 e. The van der Waals surface area contributed by atoms with Gasteiger partial charge in [-0.05, 0) is 12.1 Å². The molecule has 20 heavy (non-hydrogen) atoms. The van der Waals surface area contributed by atoms with Crippen LogP contribution in [0.25, 0.3) is 11.3 Å². The highest BCUT2D eigenvalue weighted by molar-refractivity contribution is 6.32. The third-order valence-corrected chi connectivity index (χ3v) is 3.18. The standard InChI is InChI=1S/C15H18ClN3O/c1-15(2,3)14-18-11(8-13(17)19-14)9-5-6-10(16)12(7-9)20-4/h5-8H,1-4H3,(H2,17,18,19). The van der Waals surface area contributed by atoms with Crippen LogP contribution in [-0.4, -0.2) is 17.1 Å². The molecule has 106 valence electrons. The van der Waals surface area contributed by atoms with Gasteiger partial charge in [0.2, 0.25) is 0 Å². The van der Waals surface area contributed by atoms with E-state index in [-0.39, 0.29) is 5.41 Å². The lowest BCUT2D eigenvalue weighted by atomic mass is 9.95. The molecule has 1 aromatic heterocycles. The van der Waals surface area contributed by atoms with Crippen molar-refractivity contribution in [2.75, 3.05) is 12.8 Å². The minimum atomic E-state index is -0.166. The summed E-state index contributed by atoms with van der Waals surface area (Å²) in [5.74, 6) is 1.77. The molecule has 0 amide bonds. The molecule has 0 unspecified atom stereocenters. The Balaban J connectivity index is 2.55. The van der Waals surface area contributed by atoms with Gasteiger partial charge < -0.3 is 10.5 Å². The summed E-state index contributed by atoms with van der Waals surface area (Å²) in [4.78, 5) is 8.89. The molecular formula is C15H18ClN3O. The molecule has 0 saturated heterocycles. The van der Waals surface area contributed by atoms with E-state index >= 15 is 0 Å². The van der Waals surface area contributed by atoms with Crippen LogP contribution in [0.15, 0.2) is 24.3 Å². The average Bonchev–Trinajstić information content (AvgIpc) is 2.37. The highest BCUT2D eigenvalue weighted by atomic mass is 35.5. The zero-order valence-electron chi connectivity index (χ0n) is 12.1. The number of benzene rings is 1. The van der Waals surface area contributed by atoms with Gasteiger partial charge in [-0.3, -0.25) is 0 Å². The maximum atomic E-state index is 6.04. The molecule has 0 spiro atoms. The lowest BCUT2D eigenvalue weighted by Crippen LogP contribution is -2.17. The fraction of sp³-hybridized carbons (Fsp3) is 0.333. The number of rotatable bonds is 2. The maximum absolute atomic E-state index is 6.04. The Morgan fingerprint density at radius 3 is 2.45 bits per heavy atom. The number of nitrogens with zero attached hydrogens (tertiary/aromatic N) is 2. The second-order valence-corrected chi connectivity index (χ2v) is 6.01. The molecule has 0 bridgehead atoms. The van der Waals surface area contributed by atoms with E-state index in [1.54, 1.807) is 19.2 Å². The molecule has 4 nitrogen and oxygen atoms in total. The molecule has 0 aliphatic carbocycles. The third kappa shape index (κ3) is 3.02. The Hall–Kier alpha value is -1.81. The normalized spacial score (nSPS) is 11.4. The molecule has 2 rings (SSSR count). The van der Waals surface area contributed by atoms with Gasteiger partial charge in [0.1, 0.15) is 17.4 Å². The van der Waals surface area contributed by atoms with E-state index in [1.807, 2.05) is 32.9 Å². The predicted octanol–water partition coefficient (Wildman–Crippen LogP) is 3.69. The summed E-state index contributed by atoms with van der Waals surface area (Å²) in [5, 5.41) is 0.564. The number of nitrogen functional groups attached to an aromatic ring is 1. The van der Waals surface area contributed by atoms with Crippen LogP contribution in [-0.2, 0) is 5.41 Å². The molecule has 0 radical (unpaired) electrons. The van der Waals surface area contributed by atoms with E-state index in [4.69, 9.17) is 22.1 Å². The molecule has 0 aliphatic heterocycles. The van der Waals surface area contributed by atoms with Gasteiger partial charge in [0.15, 0.2) is 0 Å². The SMILES string of the molecule is COc1cc(-c2cc(N)nc(C(C)(C)C)n2)ccc1Cl. The van der Waals surface area contributed by atoms with Crippen molar-refractivity contribution < 1.29 is 4.74 Å². The first kappa shape index (κ1) is 14.6. The Bertz CT molecular complexity index is 636. The molecule has 0 atom stereocenters. The van der Waals surface area contributed by atoms with Crippen LogP contribution < -0.4 is 10.5 Å². The first-order valence-electron chi connectivity index (χ1n) is 6.30. The molecule has 0 aliphatic rings. The number of aromatic nitrogens is 2. The maximum Gasteiger partial charge on any atom is 0.138 e. The fourth-order valence-electron chi connectivity index (χ4n) is 1.77. The highest BCUT2D eigenvalue weighted by Gasteiger charge is 2.19. The fourth-order valence-corrected chi connectivity index (χ4v) is 1.96. The largest absolute Gasteiger partial charge is 0.495 e. The second-order valence-electron chi connectivity index (χ2n) is 5.60. The third-order valence-electron chi connectivity index (χ3n) is 2.86. The zero-order valence-corrected chi connectivity index (χ0v) is 12.8. The molecule has 1 aromatic carbocycles. The van der Waals surface area contributed by atoms with Crippen LogP contribution in [0.1, 0.15) is 26.6 Å². The Morgan fingerprint density at radius 2 is 1.85 bits per heavy atom. The molecule has 5 heteroatoms. The van der Waals surface area contributed by atoms with Crippen molar-refractivity contribution in [1.82, 2.24) is 9.97 Å². The monoisotopic (exact) mass is 291 g/mol. The minimum absolute atomic E-state index is 0.166. The van der Waals surface area contributed by atoms with Crippen molar-refractivity contribution in [2.24, 2.45) is 0 Å². The van der Waals surface area contributed by atoms with Crippen LogP contribution in [0.3, 0.4) is 0 Å². The molecule has 0 saturated carbocycles. The van der Waals surface area contributed by atoms with Crippen LogP contribution in [0.4, 0.5) is 5.82 Å². The van der Waals surface area contributed by atoms with Gasteiger partial charge >= 0.3 is 0 Å². The van der Waals surface area contributed by atoms with Crippen molar-refractivity contribution in [3.8, 4) is 17.0 Å². The van der Waals surface area contributed by atoms with Crippen molar-refractivity contribution in [3.05, 3.63) is 35.1 Å². The topological polar surface area (TPSA) is 61.0 Å². The van der Waals surface area contributed by atoms with Crippen molar-refractivity contribution in [2.45, 2.75) is 26.2 Å². The number of hydrogen-bond acceptors (Lipinski definition) is 4. The lowest BCUT2D eigenvalue weighted by Gasteiger charge is -2.18. The van der Waals surface area contributed by atoms with Gasteiger partial charge in [0.25, 0.3) is 0 Å². The van der Waals surface area contributed by atoms with E-state index in [0.717, 1.165) is 11.3 Å². The summed E-state index contributed by atoms with van der Waals surface area (Å²) >= 11 is 6.04. The number of methoxy groups -OCH3 is 1. The van der Waals surface area contributed by atoms with E-state index < -0.39 is 0 Å². The van der Waals surface area contributed by atoms with Gasteiger partial charge in [-0.2, -0.15) is 0 Å². The minimum Gasteiger partial charge on any atom is -0.495 e. The van der Waals surface area contributed by atoms with Crippen LogP contribution in [0, 0.1) is 0 Å². The number of nitrogens with two attached hydrogens (primary N) is 1. The van der Waals surface area contributed by atoms with Crippen molar-refractivity contribution in [3.63, 3.8) is 0 Å². The lowest BCUT2D eigenvalue weighted by molar-refractivity contribution is 0.415. The average molecular weight is 292 g/mol. The van der Waals surface area contributed by atoms with Gasteiger partial charge in [0, 0.05) is 17.0 Å². The summed E-state index contributed by atoms with van der Waals surface area (Å²) in [6, 6.07) is 7.26. The van der Waals surface area contributed by atoms with Gasteiger partial charge in [-0.25, -0.2) is 9.97 Å².